The maximum absolute atomic E-state index is 12.4. The summed E-state index contributed by atoms with van der Waals surface area (Å²) in [4.78, 5) is 3.95. The molecule has 0 bridgehead atoms. The van der Waals surface area contributed by atoms with E-state index < -0.39 is 10.0 Å². The zero-order valence-corrected chi connectivity index (χ0v) is 12.8. The molecule has 0 fully saturated rings. The summed E-state index contributed by atoms with van der Waals surface area (Å²) in [7, 11) is -3.58. The van der Waals surface area contributed by atoms with Crippen molar-refractivity contribution in [3.63, 3.8) is 0 Å². The third-order valence-electron chi connectivity index (χ3n) is 2.51. The Kier molecular flexibility index (Phi) is 5.54. The fraction of sp³-hybridized carbons (Fsp3) is 0.545. The van der Waals surface area contributed by atoms with Crippen molar-refractivity contribution in [2.24, 2.45) is 11.8 Å². The van der Waals surface area contributed by atoms with Crippen LogP contribution in [0.4, 0.5) is 5.82 Å². The molecule has 8 heteroatoms. The van der Waals surface area contributed by atoms with E-state index >= 15 is 0 Å². The Labute approximate surface area is 119 Å². The third kappa shape index (κ3) is 3.79. The van der Waals surface area contributed by atoms with Crippen LogP contribution < -0.4 is 11.3 Å². The highest BCUT2D eigenvalue weighted by Gasteiger charge is 2.24. The standard InChI is InChI=1S/C11H19ClN4O2S/c1-4-16(7-8(2)3)19(17,18)9-5-10(12)11(15-13)14-6-9/h5-6,8H,4,7,13H2,1-3H3,(H,14,15). The first kappa shape index (κ1) is 16.2. The van der Waals surface area contributed by atoms with E-state index in [9.17, 15) is 8.42 Å². The van der Waals surface area contributed by atoms with E-state index in [0.29, 0.717) is 13.1 Å². The number of nitrogen functional groups attached to an aromatic ring is 1. The van der Waals surface area contributed by atoms with Crippen molar-refractivity contribution in [1.29, 1.82) is 0 Å². The lowest BCUT2D eigenvalue weighted by Gasteiger charge is -2.22. The van der Waals surface area contributed by atoms with Gasteiger partial charge >= 0.3 is 0 Å². The summed E-state index contributed by atoms with van der Waals surface area (Å²) < 4.78 is 26.3. The normalized spacial score (nSPS) is 12.2. The molecule has 1 heterocycles. The van der Waals surface area contributed by atoms with Crippen LogP contribution in [0.3, 0.4) is 0 Å². The Hall–Kier alpha value is -0.890. The predicted molar refractivity (Wildman–Crippen MR) is 76.3 cm³/mol. The highest BCUT2D eigenvalue weighted by Crippen LogP contribution is 2.24. The van der Waals surface area contributed by atoms with Gasteiger partial charge in [-0.05, 0) is 12.0 Å². The summed E-state index contributed by atoms with van der Waals surface area (Å²) in [5.74, 6) is 5.69. The summed E-state index contributed by atoms with van der Waals surface area (Å²) in [5.41, 5.74) is 2.30. The molecular weight excluding hydrogens is 288 g/mol. The number of nitrogens with two attached hydrogens (primary N) is 1. The smallest absolute Gasteiger partial charge is 0.244 e. The van der Waals surface area contributed by atoms with Gasteiger partial charge in [-0.2, -0.15) is 4.31 Å². The molecule has 0 saturated carbocycles. The van der Waals surface area contributed by atoms with Gasteiger partial charge in [0.05, 0.1) is 5.02 Å². The number of sulfonamides is 1. The predicted octanol–water partition coefficient (Wildman–Crippen LogP) is 1.69. The van der Waals surface area contributed by atoms with Gasteiger partial charge in [0.25, 0.3) is 0 Å². The van der Waals surface area contributed by atoms with Gasteiger partial charge in [0.2, 0.25) is 10.0 Å². The monoisotopic (exact) mass is 306 g/mol. The largest absolute Gasteiger partial charge is 0.307 e. The molecule has 0 radical (unpaired) electrons. The maximum atomic E-state index is 12.4. The van der Waals surface area contributed by atoms with Gasteiger partial charge in [-0.25, -0.2) is 19.2 Å². The molecule has 0 amide bonds. The van der Waals surface area contributed by atoms with Crippen LogP contribution >= 0.6 is 11.6 Å². The molecule has 0 spiro atoms. The minimum atomic E-state index is -3.58. The minimum Gasteiger partial charge on any atom is -0.307 e. The lowest BCUT2D eigenvalue weighted by Crippen LogP contribution is -2.34. The molecule has 0 atom stereocenters. The topological polar surface area (TPSA) is 88.3 Å². The number of nitrogens with zero attached hydrogens (tertiary/aromatic N) is 2. The summed E-state index contributed by atoms with van der Waals surface area (Å²) in [6.07, 6.45) is 1.25. The zero-order chi connectivity index (χ0) is 14.6. The lowest BCUT2D eigenvalue weighted by molar-refractivity contribution is 0.381. The molecule has 0 unspecified atom stereocenters. The van der Waals surface area contributed by atoms with Crippen LogP contribution in [-0.4, -0.2) is 30.8 Å². The molecule has 1 aromatic heterocycles. The first-order chi connectivity index (χ1) is 8.82. The van der Waals surface area contributed by atoms with Gasteiger partial charge in [-0.15, -0.1) is 0 Å². The Morgan fingerprint density at radius 3 is 2.58 bits per heavy atom. The van der Waals surface area contributed by atoms with Crippen molar-refractivity contribution in [3.05, 3.63) is 17.3 Å². The average molecular weight is 307 g/mol. The molecule has 0 aliphatic rings. The van der Waals surface area contributed by atoms with Gasteiger partial charge < -0.3 is 5.43 Å². The number of aromatic nitrogens is 1. The van der Waals surface area contributed by atoms with Gasteiger partial charge in [-0.1, -0.05) is 32.4 Å². The number of pyridine rings is 1. The SMILES string of the molecule is CCN(CC(C)C)S(=O)(=O)c1cnc(NN)c(Cl)c1. The summed E-state index contributed by atoms with van der Waals surface area (Å²) in [6.45, 7) is 6.57. The number of rotatable bonds is 6. The second-order valence-electron chi connectivity index (χ2n) is 4.50. The lowest BCUT2D eigenvalue weighted by atomic mass is 10.2. The Morgan fingerprint density at radius 2 is 2.16 bits per heavy atom. The highest BCUT2D eigenvalue weighted by atomic mass is 35.5. The van der Waals surface area contributed by atoms with Crippen LogP contribution in [0, 0.1) is 5.92 Å². The number of nitrogens with one attached hydrogen (secondary N) is 1. The van der Waals surface area contributed by atoms with Crippen molar-refractivity contribution >= 4 is 27.4 Å². The molecule has 19 heavy (non-hydrogen) atoms. The third-order valence-corrected chi connectivity index (χ3v) is 4.71. The fourth-order valence-electron chi connectivity index (χ4n) is 1.62. The molecule has 0 saturated heterocycles. The van der Waals surface area contributed by atoms with E-state index in [1.165, 1.54) is 16.6 Å². The van der Waals surface area contributed by atoms with E-state index in [0.717, 1.165) is 0 Å². The van der Waals surface area contributed by atoms with E-state index in [4.69, 9.17) is 17.4 Å². The van der Waals surface area contributed by atoms with Crippen LogP contribution in [-0.2, 0) is 10.0 Å². The second kappa shape index (κ2) is 6.51. The second-order valence-corrected chi connectivity index (χ2v) is 6.84. The molecule has 1 aromatic rings. The van der Waals surface area contributed by atoms with Gasteiger partial charge in [0, 0.05) is 19.3 Å². The number of halogens is 1. The Morgan fingerprint density at radius 1 is 1.53 bits per heavy atom. The molecular formula is C11H19ClN4O2S. The first-order valence-electron chi connectivity index (χ1n) is 5.95. The van der Waals surface area contributed by atoms with E-state index in [1.54, 1.807) is 6.92 Å². The molecule has 0 aliphatic heterocycles. The zero-order valence-electron chi connectivity index (χ0n) is 11.2. The number of hydrogen-bond acceptors (Lipinski definition) is 5. The van der Waals surface area contributed by atoms with E-state index in [-0.39, 0.29) is 21.7 Å². The van der Waals surface area contributed by atoms with Gasteiger partial charge in [-0.3, -0.25) is 0 Å². The average Bonchev–Trinajstić information content (AvgIpc) is 2.35. The van der Waals surface area contributed by atoms with Crippen LogP contribution in [0.5, 0.6) is 0 Å². The fourth-order valence-corrected chi connectivity index (χ4v) is 3.49. The number of hydrogen-bond donors (Lipinski definition) is 2. The molecule has 3 N–H and O–H groups in total. The van der Waals surface area contributed by atoms with Crippen LogP contribution in [0.15, 0.2) is 17.2 Å². The molecule has 0 aliphatic carbocycles. The molecule has 108 valence electrons. The maximum Gasteiger partial charge on any atom is 0.244 e. The van der Waals surface area contributed by atoms with Crippen molar-refractivity contribution in [2.75, 3.05) is 18.5 Å². The number of anilines is 1. The quantitative estimate of drug-likeness (QED) is 0.617. The molecule has 6 nitrogen and oxygen atoms in total. The first-order valence-corrected chi connectivity index (χ1v) is 7.77. The van der Waals surface area contributed by atoms with E-state index in [2.05, 4.69) is 10.4 Å². The molecule has 0 aromatic carbocycles. The summed E-state index contributed by atoms with van der Waals surface area (Å²) in [6, 6.07) is 1.35. The highest BCUT2D eigenvalue weighted by molar-refractivity contribution is 7.89. The van der Waals surface area contributed by atoms with Gasteiger partial charge in [0.15, 0.2) is 5.82 Å². The Bertz CT molecular complexity index is 533. The van der Waals surface area contributed by atoms with Crippen LogP contribution in [0.25, 0.3) is 0 Å². The van der Waals surface area contributed by atoms with Crippen LogP contribution in [0.1, 0.15) is 20.8 Å². The van der Waals surface area contributed by atoms with Crippen LogP contribution in [0.2, 0.25) is 5.02 Å². The van der Waals surface area contributed by atoms with Crippen molar-refractivity contribution in [2.45, 2.75) is 25.7 Å². The minimum absolute atomic E-state index is 0.0685. The van der Waals surface area contributed by atoms with Crippen molar-refractivity contribution in [3.8, 4) is 0 Å². The van der Waals surface area contributed by atoms with E-state index in [1.807, 2.05) is 13.8 Å². The summed E-state index contributed by atoms with van der Waals surface area (Å²) in [5, 5.41) is 0.171. The van der Waals surface area contributed by atoms with Crippen molar-refractivity contribution < 1.29 is 8.42 Å². The van der Waals surface area contributed by atoms with Gasteiger partial charge in [0.1, 0.15) is 4.90 Å². The Balaban J connectivity index is 3.15. The molecule has 1 rings (SSSR count). The van der Waals surface area contributed by atoms with Crippen molar-refractivity contribution in [1.82, 2.24) is 9.29 Å². The summed E-state index contributed by atoms with van der Waals surface area (Å²) >= 11 is 5.90. The number of hydrazine groups is 1.